The van der Waals surface area contributed by atoms with Crippen LogP contribution in [0.3, 0.4) is 0 Å². The van der Waals surface area contributed by atoms with Crippen molar-refractivity contribution in [2.75, 3.05) is 0 Å². The second-order valence-corrected chi connectivity index (χ2v) is 19.8. The van der Waals surface area contributed by atoms with Crippen molar-refractivity contribution in [3.8, 4) is 0 Å². The van der Waals surface area contributed by atoms with E-state index in [1.54, 1.807) is 20.7 Å². The Morgan fingerprint density at radius 2 is 0.536 bits per heavy atom. The smallest absolute Gasteiger partial charge is 0.0628 e. The van der Waals surface area contributed by atoms with Crippen LogP contribution in [0.1, 0.15) is 0 Å². The van der Waals surface area contributed by atoms with Gasteiger partial charge in [0.1, 0.15) is 15.2 Å². The van der Waals surface area contributed by atoms with Crippen LogP contribution in [-0.4, -0.2) is 15.2 Å². The van der Waals surface area contributed by atoms with E-state index in [1.807, 2.05) is 0 Å². The monoisotopic (exact) mass is 392 g/mol. The summed E-state index contributed by atoms with van der Waals surface area (Å²) in [6, 6.07) is 48.5. The molecule has 4 aromatic carbocycles. The van der Waals surface area contributed by atoms with Gasteiger partial charge in [-0.25, -0.2) is 0 Å². The summed E-state index contributed by atoms with van der Waals surface area (Å²) in [6.45, 7) is 0. The summed E-state index contributed by atoms with van der Waals surface area (Å²) in [6.07, 6.45) is 0. The zero-order chi connectivity index (χ0) is 18.9. The predicted octanol–water partition coefficient (Wildman–Crippen LogP) is 3.60. The molecule has 0 aromatic heterocycles. The van der Waals surface area contributed by atoms with E-state index >= 15 is 0 Å². The molecule has 0 spiro atoms. The number of hydrogen-bond donors (Lipinski definition) is 0. The van der Waals surface area contributed by atoms with Crippen LogP contribution in [0.25, 0.3) is 0 Å². The van der Waals surface area contributed by atoms with Gasteiger partial charge in [0.05, 0.1) is 0 Å². The van der Waals surface area contributed by atoms with E-state index in [9.17, 15) is 0 Å². The molecule has 0 nitrogen and oxygen atoms in total. The maximum atomic E-state index is 2.41. The first-order chi connectivity index (χ1) is 13.9. The molecule has 1 heterocycles. The van der Waals surface area contributed by atoms with Crippen LogP contribution >= 0.6 is 0 Å². The first kappa shape index (κ1) is 17.4. The summed E-state index contributed by atoms with van der Waals surface area (Å²) >= 11 is 0. The molecule has 4 aromatic rings. The average Bonchev–Trinajstić information content (AvgIpc) is 2.77. The lowest BCUT2D eigenvalue weighted by Crippen LogP contribution is -2.91. The third-order valence-electron chi connectivity index (χ3n) is 6.67. The summed E-state index contributed by atoms with van der Waals surface area (Å²) in [5.41, 5.74) is 0. The summed E-state index contributed by atoms with van der Waals surface area (Å²) in [4.78, 5) is 0. The van der Waals surface area contributed by atoms with Crippen LogP contribution in [0.15, 0.2) is 121 Å². The van der Waals surface area contributed by atoms with E-state index in [4.69, 9.17) is 0 Å². The molecular formula is C26H24Si2. The van der Waals surface area contributed by atoms with Crippen molar-refractivity contribution in [1.29, 1.82) is 0 Å². The summed E-state index contributed by atoms with van der Waals surface area (Å²) in [7, 11) is -3.84. The van der Waals surface area contributed by atoms with Crippen molar-refractivity contribution < 1.29 is 0 Å². The SMILES string of the molecule is c1ccc([Si]2(c3ccccc3)CC[Si]2(c2ccccc2)c2ccccc2)cc1. The molecule has 0 bridgehead atoms. The second kappa shape index (κ2) is 7.04. The fourth-order valence-corrected chi connectivity index (χ4v) is 25.2. The molecule has 0 aliphatic carbocycles. The minimum absolute atomic E-state index is 1.34. The fourth-order valence-electron chi connectivity index (χ4n) is 5.41. The van der Waals surface area contributed by atoms with E-state index in [2.05, 4.69) is 121 Å². The van der Waals surface area contributed by atoms with Crippen molar-refractivity contribution in [2.24, 2.45) is 0 Å². The summed E-state index contributed by atoms with van der Waals surface area (Å²) < 4.78 is 0. The molecule has 1 saturated heterocycles. The Morgan fingerprint density at radius 1 is 0.321 bits per heavy atom. The van der Waals surface area contributed by atoms with Gasteiger partial charge in [0.2, 0.25) is 0 Å². The minimum atomic E-state index is -1.92. The lowest BCUT2D eigenvalue weighted by Gasteiger charge is -2.58. The Morgan fingerprint density at radius 3 is 0.714 bits per heavy atom. The van der Waals surface area contributed by atoms with Gasteiger partial charge in [-0.3, -0.25) is 0 Å². The Hall–Kier alpha value is -2.69. The van der Waals surface area contributed by atoms with E-state index in [0.29, 0.717) is 0 Å². The topological polar surface area (TPSA) is 0 Å². The molecule has 1 aliphatic rings. The third-order valence-corrected chi connectivity index (χ3v) is 25.2. The van der Waals surface area contributed by atoms with Gasteiger partial charge in [-0.05, 0) is 0 Å². The molecule has 0 amide bonds. The molecule has 5 rings (SSSR count). The maximum Gasteiger partial charge on any atom is 0.121 e. The largest absolute Gasteiger partial charge is 0.121 e. The molecule has 0 unspecified atom stereocenters. The van der Waals surface area contributed by atoms with E-state index in [0.717, 1.165) is 0 Å². The molecule has 2 heteroatoms. The first-order valence-electron chi connectivity index (χ1n) is 10.1. The van der Waals surface area contributed by atoms with E-state index in [1.165, 1.54) is 12.1 Å². The Labute approximate surface area is 169 Å². The summed E-state index contributed by atoms with van der Waals surface area (Å²) in [5, 5.41) is 6.41. The molecule has 1 aliphatic heterocycles. The van der Waals surface area contributed by atoms with Gasteiger partial charge < -0.3 is 0 Å². The highest BCUT2D eigenvalue weighted by molar-refractivity contribution is 7.63. The van der Waals surface area contributed by atoms with E-state index in [-0.39, 0.29) is 0 Å². The Bertz CT molecular complexity index is 877. The van der Waals surface area contributed by atoms with Crippen LogP contribution in [0, 0.1) is 0 Å². The number of benzene rings is 4. The van der Waals surface area contributed by atoms with Gasteiger partial charge in [0.25, 0.3) is 0 Å². The molecule has 0 N–H and O–H groups in total. The van der Waals surface area contributed by atoms with E-state index < -0.39 is 15.2 Å². The van der Waals surface area contributed by atoms with Gasteiger partial charge in [-0.1, -0.05) is 154 Å². The van der Waals surface area contributed by atoms with Gasteiger partial charge in [0, 0.05) is 0 Å². The van der Waals surface area contributed by atoms with Crippen LogP contribution < -0.4 is 20.7 Å². The first-order valence-corrected chi connectivity index (χ1v) is 15.5. The van der Waals surface area contributed by atoms with Gasteiger partial charge >= 0.3 is 0 Å². The highest BCUT2D eigenvalue weighted by Gasteiger charge is 2.65. The molecule has 0 saturated carbocycles. The maximum absolute atomic E-state index is 2.41. The highest BCUT2D eigenvalue weighted by Crippen LogP contribution is 2.40. The van der Waals surface area contributed by atoms with Gasteiger partial charge in [-0.2, -0.15) is 0 Å². The van der Waals surface area contributed by atoms with Crippen molar-refractivity contribution in [3.05, 3.63) is 121 Å². The van der Waals surface area contributed by atoms with Gasteiger partial charge in [-0.15, -0.1) is 0 Å². The zero-order valence-corrected chi connectivity index (χ0v) is 18.0. The quantitative estimate of drug-likeness (QED) is 0.466. The zero-order valence-electron chi connectivity index (χ0n) is 16.0. The Kier molecular flexibility index (Phi) is 4.38. The van der Waals surface area contributed by atoms with Crippen LogP contribution in [-0.2, 0) is 0 Å². The summed E-state index contributed by atoms with van der Waals surface area (Å²) in [5.74, 6) is 0. The van der Waals surface area contributed by atoms with Crippen molar-refractivity contribution in [1.82, 2.24) is 0 Å². The molecule has 0 atom stereocenters. The second-order valence-electron chi connectivity index (χ2n) is 7.77. The molecule has 136 valence electrons. The Balaban J connectivity index is 1.86. The number of hydrogen-bond acceptors (Lipinski definition) is 0. The van der Waals surface area contributed by atoms with Crippen molar-refractivity contribution in [3.63, 3.8) is 0 Å². The number of rotatable bonds is 4. The molecule has 28 heavy (non-hydrogen) atoms. The van der Waals surface area contributed by atoms with Crippen LogP contribution in [0.2, 0.25) is 12.1 Å². The average molecular weight is 393 g/mol. The fraction of sp³-hybridized carbons (Fsp3) is 0.0769. The standard InChI is InChI=1S/C26H24Si2/c1-5-13-23(14-6-1)27(24-15-7-2-8-16-24)21-22-28(27,25-17-9-3-10-18-25)26-19-11-4-12-20-26/h1-20H,21-22H2. The third kappa shape index (κ3) is 2.42. The molecular weight excluding hydrogens is 368 g/mol. The van der Waals surface area contributed by atoms with Crippen LogP contribution in [0.5, 0.6) is 0 Å². The van der Waals surface area contributed by atoms with Gasteiger partial charge in [0.15, 0.2) is 0 Å². The molecule has 0 radical (unpaired) electrons. The van der Waals surface area contributed by atoms with Crippen molar-refractivity contribution in [2.45, 2.75) is 12.1 Å². The lowest BCUT2D eigenvalue weighted by molar-refractivity contribution is 1.28. The van der Waals surface area contributed by atoms with Crippen molar-refractivity contribution >= 4 is 35.9 Å². The minimum Gasteiger partial charge on any atom is -0.0628 e. The molecule has 1 fully saturated rings. The van der Waals surface area contributed by atoms with Crippen LogP contribution in [0.4, 0.5) is 0 Å². The lowest BCUT2D eigenvalue weighted by atomic mass is 10.4. The predicted molar refractivity (Wildman–Crippen MR) is 125 cm³/mol. The normalized spacial score (nSPS) is 16.9. The highest BCUT2D eigenvalue weighted by atomic mass is 29.3.